The van der Waals surface area contributed by atoms with E-state index >= 15 is 0 Å². The number of oxazole rings is 1. The van der Waals surface area contributed by atoms with Gasteiger partial charge >= 0.3 is 0 Å². The molecule has 2 aromatic rings. The van der Waals surface area contributed by atoms with Crippen LogP contribution in [-0.2, 0) is 11.3 Å². The first-order valence-electron chi connectivity index (χ1n) is 10.7. The first kappa shape index (κ1) is 21.9. The molecule has 7 nitrogen and oxygen atoms in total. The summed E-state index contributed by atoms with van der Waals surface area (Å²) in [6.07, 6.45) is 5.74. The van der Waals surface area contributed by atoms with E-state index in [1.807, 2.05) is 33.2 Å². The van der Waals surface area contributed by atoms with E-state index in [9.17, 15) is 4.79 Å². The Labute approximate surface area is 179 Å². The van der Waals surface area contributed by atoms with Crippen LogP contribution in [0, 0.1) is 12.3 Å². The standard InChI is InChI=1S/C23H33N5O2/c1-5-24-22(27-16-23(12-6-7-13-23)21(29)28(3)4)26-15-20-25-14-19(30-20)18-10-8-17(2)9-11-18/h8-11,14H,5-7,12-13,15-16H2,1-4H3,(H2,24,26,27). The molecule has 30 heavy (non-hydrogen) atoms. The molecule has 1 aromatic heterocycles. The lowest BCUT2D eigenvalue weighted by Crippen LogP contribution is -2.49. The fourth-order valence-electron chi connectivity index (χ4n) is 3.97. The number of hydrogen-bond acceptors (Lipinski definition) is 4. The predicted octanol–water partition coefficient (Wildman–Crippen LogP) is 3.35. The lowest BCUT2D eigenvalue weighted by molar-refractivity contribution is -0.138. The Morgan fingerprint density at radius 3 is 2.53 bits per heavy atom. The molecule has 0 saturated heterocycles. The third-order valence-electron chi connectivity index (χ3n) is 5.62. The average molecular weight is 412 g/mol. The van der Waals surface area contributed by atoms with Crippen molar-refractivity contribution in [3.8, 4) is 11.3 Å². The molecule has 0 atom stereocenters. The number of carbonyl (C=O) groups excluding carboxylic acids is 1. The molecule has 0 spiro atoms. The summed E-state index contributed by atoms with van der Waals surface area (Å²) in [5.41, 5.74) is 1.86. The van der Waals surface area contributed by atoms with Crippen molar-refractivity contribution >= 4 is 11.9 Å². The summed E-state index contributed by atoms with van der Waals surface area (Å²) < 4.78 is 5.87. The maximum absolute atomic E-state index is 12.8. The second-order valence-corrected chi connectivity index (χ2v) is 8.22. The minimum atomic E-state index is -0.346. The topological polar surface area (TPSA) is 82.8 Å². The Balaban J connectivity index is 1.66. The van der Waals surface area contributed by atoms with Crippen LogP contribution in [0.2, 0.25) is 0 Å². The fraction of sp³-hybridized carbons (Fsp3) is 0.522. The highest BCUT2D eigenvalue weighted by Gasteiger charge is 2.42. The third-order valence-corrected chi connectivity index (χ3v) is 5.62. The molecule has 0 unspecified atom stereocenters. The number of amides is 1. The minimum Gasteiger partial charge on any atom is -0.439 e. The molecular weight excluding hydrogens is 378 g/mol. The highest BCUT2D eigenvalue weighted by Crippen LogP contribution is 2.38. The van der Waals surface area contributed by atoms with Gasteiger partial charge < -0.3 is 20.0 Å². The number of hydrogen-bond donors (Lipinski definition) is 2. The summed E-state index contributed by atoms with van der Waals surface area (Å²) in [6, 6.07) is 8.15. The molecule has 1 aliphatic rings. The smallest absolute Gasteiger partial charge is 0.230 e. The zero-order chi connectivity index (χ0) is 21.6. The van der Waals surface area contributed by atoms with Crippen LogP contribution in [-0.4, -0.2) is 48.9 Å². The van der Waals surface area contributed by atoms with Crippen LogP contribution in [0.4, 0.5) is 0 Å². The van der Waals surface area contributed by atoms with E-state index in [1.165, 1.54) is 5.56 Å². The quantitative estimate of drug-likeness (QED) is 0.539. The molecule has 1 amide bonds. The Morgan fingerprint density at radius 1 is 1.20 bits per heavy atom. The minimum absolute atomic E-state index is 0.193. The Hall–Kier alpha value is -2.83. The van der Waals surface area contributed by atoms with Crippen LogP contribution in [0.15, 0.2) is 39.9 Å². The van der Waals surface area contributed by atoms with Crippen molar-refractivity contribution in [1.29, 1.82) is 0 Å². The molecule has 0 radical (unpaired) electrons. The second kappa shape index (κ2) is 9.78. The molecule has 7 heteroatoms. The van der Waals surface area contributed by atoms with Crippen LogP contribution in [0.1, 0.15) is 44.1 Å². The maximum atomic E-state index is 12.8. The number of nitrogens with zero attached hydrogens (tertiary/aromatic N) is 3. The fourth-order valence-corrected chi connectivity index (χ4v) is 3.97. The van der Waals surface area contributed by atoms with E-state index in [1.54, 1.807) is 11.1 Å². The zero-order valence-electron chi connectivity index (χ0n) is 18.5. The van der Waals surface area contributed by atoms with Gasteiger partial charge in [0.15, 0.2) is 11.7 Å². The van der Waals surface area contributed by atoms with Crippen LogP contribution < -0.4 is 10.6 Å². The molecule has 1 saturated carbocycles. The van der Waals surface area contributed by atoms with E-state index in [4.69, 9.17) is 4.42 Å². The summed E-state index contributed by atoms with van der Waals surface area (Å²) in [5.74, 6) is 2.16. The zero-order valence-corrected chi connectivity index (χ0v) is 18.5. The molecule has 1 fully saturated rings. The monoisotopic (exact) mass is 411 g/mol. The van der Waals surface area contributed by atoms with Gasteiger partial charge in [0.25, 0.3) is 0 Å². The van der Waals surface area contributed by atoms with E-state index in [2.05, 4.69) is 39.7 Å². The highest BCUT2D eigenvalue weighted by atomic mass is 16.4. The Kier molecular flexibility index (Phi) is 7.13. The van der Waals surface area contributed by atoms with E-state index in [0.29, 0.717) is 24.9 Å². The number of carbonyl (C=O) groups is 1. The van der Waals surface area contributed by atoms with Gasteiger partial charge in [-0.2, -0.15) is 0 Å². The van der Waals surface area contributed by atoms with Crippen molar-refractivity contribution in [2.24, 2.45) is 10.4 Å². The molecule has 2 N–H and O–H groups in total. The Morgan fingerprint density at radius 2 is 1.90 bits per heavy atom. The van der Waals surface area contributed by atoms with Gasteiger partial charge in [0.05, 0.1) is 11.6 Å². The van der Waals surface area contributed by atoms with E-state index < -0.39 is 0 Å². The summed E-state index contributed by atoms with van der Waals surface area (Å²) >= 11 is 0. The average Bonchev–Trinajstić information content (AvgIpc) is 3.40. The summed E-state index contributed by atoms with van der Waals surface area (Å²) in [7, 11) is 3.66. The molecule has 0 aliphatic heterocycles. The van der Waals surface area contributed by atoms with Crippen molar-refractivity contribution in [1.82, 2.24) is 20.5 Å². The van der Waals surface area contributed by atoms with Gasteiger partial charge in [0.2, 0.25) is 11.8 Å². The van der Waals surface area contributed by atoms with Crippen molar-refractivity contribution < 1.29 is 9.21 Å². The molecule has 1 aliphatic carbocycles. The number of benzene rings is 1. The van der Waals surface area contributed by atoms with Gasteiger partial charge in [-0.25, -0.2) is 9.98 Å². The van der Waals surface area contributed by atoms with Gasteiger partial charge in [-0.05, 0) is 26.7 Å². The number of aryl methyl sites for hydroxylation is 1. The molecule has 1 heterocycles. The van der Waals surface area contributed by atoms with Crippen LogP contribution in [0.25, 0.3) is 11.3 Å². The number of nitrogens with one attached hydrogen (secondary N) is 2. The summed E-state index contributed by atoms with van der Waals surface area (Å²) in [5, 5.41) is 6.63. The van der Waals surface area contributed by atoms with Crippen LogP contribution in [0.3, 0.4) is 0 Å². The number of aromatic nitrogens is 1. The number of aliphatic imine (C=N–C) groups is 1. The SMILES string of the molecule is CCNC(=NCc1ncc(-c2ccc(C)cc2)o1)NCC1(C(=O)N(C)C)CCCC1. The summed E-state index contributed by atoms with van der Waals surface area (Å²) in [6.45, 7) is 5.72. The Bertz CT molecular complexity index is 864. The van der Waals surface area contributed by atoms with E-state index in [-0.39, 0.29) is 11.3 Å². The first-order valence-corrected chi connectivity index (χ1v) is 10.7. The molecular formula is C23H33N5O2. The highest BCUT2D eigenvalue weighted by molar-refractivity contribution is 5.85. The lowest BCUT2D eigenvalue weighted by Gasteiger charge is -2.31. The molecule has 1 aromatic carbocycles. The van der Waals surface area contributed by atoms with Crippen molar-refractivity contribution in [3.05, 3.63) is 41.9 Å². The first-order chi connectivity index (χ1) is 14.4. The van der Waals surface area contributed by atoms with Gasteiger partial charge in [-0.3, -0.25) is 4.79 Å². The predicted molar refractivity (Wildman–Crippen MR) is 119 cm³/mol. The number of rotatable bonds is 7. The van der Waals surface area contributed by atoms with Crippen LogP contribution >= 0.6 is 0 Å². The van der Waals surface area contributed by atoms with Crippen LogP contribution in [0.5, 0.6) is 0 Å². The third kappa shape index (κ3) is 5.20. The lowest BCUT2D eigenvalue weighted by atomic mass is 9.84. The van der Waals surface area contributed by atoms with Crippen molar-refractivity contribution in [2.45, 2.75) is 46.1 Å². The van der Waals surface area contributed by atoms with Gasteiger partial charge in [-0.1, -0.05) is 42.7 Å². The van der Waals surface area contributed by atoms with Crippen molar-refractivity contribution in [2.75, 3.05) is 27.2 Å². The molecule has 0 bridgehead atoms. The number of guanidine groups is 1. The van der Waals surface area contributed by atoms with Gasteiger partial charge in [0.1, 0.15) is 6.54 Å². The molecule has 162 valence electrons. The molecule has 3 rings (SSSR count). The second-order valence-electron chi connectivity index (χ2n) is 8.22. The van der Waals surface area contributed by atoms with Crippen molar-refractivity contribution in [3.63, 3.8) is 0 Å². The maximum Gasteiger partial charge on any atom is 0.230 e. The largest absolute Gasteiger partial charge is 0.439 e. The van der Waals surface area contributed by atoms with Gasteiger partial charge in [-0.15, -0.1) is 0 Å². The van der Waals surface area contributed by atoms with Gasteiger partial charge in [0, 0.05) is 32.7 Å². The summed E-state index contributed by atoms with van der Waals surface area (Å²) in [4.78, 5) is 23.5. The van der Waals surface area contributed by atoms with E-state index in [0.717, 1.165) is 43.6 Å². The normalized spacial score (nSPS) is 15.8.